The van der Waals surface area contributed by atoms with Gasteiger partial charge in [-0.05, 0) is 72.9 Å². The molecule has 6 rings (SSSR count). The summed E-state index contributed by atoms with van der Waals surface area (Å²) in [6, 6.07) is 32.3. The lowest BCUT2D eigenvalue weighted by atomic mass is 9.92. The first-order chi connectivity index (χ1) is 17.6. The van der Waals surface area contributed by atoms with Crippen molar-refractivity contribution in [2.75, 3.05) is 4.90 Å². The smallest absolute Gasteiger partial charge is 0.197 e. The predicted octanol–water partition coefficient (Wildman–Crippen LogP) is 7.58. The normalized spacial score (nSPS) is 14.2. The highest BCUT2D eigenvalue weighted by molar-refractivity contribution is 6.41. The molecule has 0 N–H and O–H groups in total. The van der Waals surface area contributed by atoms with Crippen molar-refractivity contribution in [2.24, 2.45) is 0 Å². The molecule has 2 aliphatic carbocycles. The van der Waals surface area contributed by atoms with Gasteiger partial charge in [-0.1, -0.05) is 78.4 Å². The number of para-hydroxylation sites is 1. The first kappa shape index (κ1) is 22.0. The number of hydrogen-bond acceptors (Lipinski definition) is 3. The van der Waals surface area contributed by atoms with Crippen molar-refractivity contribution >= 4 is 35.1 Å². The molecule has 36 heavy (non-hydrogen) atoms. The Morgan fingerprint density at radius 3 is 2.03 bits per heavy atom. The Bertz CT molecular complexity index is 1520. The van der Waals surface area contributed by atoms with Crippen LogP contribution in [-0.2, 0) is 6.42 Å². The van der Waals surface area contributed by atoms with Crippen molar-refractivity contribution in [1.29, 1.82) is 0 Å². The molecule has 0 unspecified atom stereocenters. The number of Topliss-reactive ketones (excluding diaryl/α,β-unsaturated/α-hetero) is 2. The fourth-order valence-electron chi connectivity index (χ4n) is 5.09. The minimum absolute atomic E-state index is 0.188. The molecule has 0 heterocycles. The molecule has 0 aliphatic heterocycles. The maximum absolute atomic E-state index is 12.8. The van der Waals surface area contributed by atoms with Gasteiger partial charge in [0.2, 0.25) is 0 Å². The monoisotopic (exact) mass is 467 g/mol. The third-order valence-corrected chi connectivity index (χ3v) is 6.95. The summed E-state index contributed by atoms with van der Waals surface area (Å²) in [6.07, 6.45) is 5.77. The molecule has 3 nitrogen and oxygen atoms in total. The first-order valence-corrected chi connectivity index (χ1v) is 12.2. The van der Waals surface area contributed by atoms with Gasteiger partial charge in [0.25, 0.3) is 0 Å². The topological polar surface area (TPSA) is 37.4 Å². The molecule has 0 spiro atoms. The van der Waals surface area contributed by atoms with Gasteiger partial charge in [-0.2, -0.15) is 0 Å². The maximum atomic E-state index is 12.8. The molecular weight excluding hydrogens is 442 g/mol. The second-order valence-electron chi connectivity index (χ2n) is 9.36. The van der Waals surface area contributed by atoms with Gasteiger partial charge in [0.05, 0.1) is 5.57 Å². The van der Waals surface area contributed by atoms with E-state index in [0.717, 1.165) is 29.8 Å². The van der Waals surface area contributed by atoms with E-state index in [1.807, 2.05) is 12.1 Å². The number of fused-ring (bicyclic) bond motifs is 2. The van der Waals surface area contributed by atoms with Crippen LogP contribution in [0.4, 0.5) is 11.4 Å². The van der Waals surface area contributed by atoms with E-state index in [2.05, 4.69) is 78.6 Å². The lowest BCUT2D eigenvalue weighted by Crippen LogP contribution is -2.19. The van der Waals surface area contributed by atoms with Crippen LogP contribution in [0.25, 0.3) is 12.2 Å². The standard InChI is InChI=1S/C33H25NO2/c1-22-11-16-27(17-12-22)34(26-7-3-2-4-8-26)28-18-15-24-19-23(13-14-25(24)21-28)20-31-32(35)29-9-5-6-10-30(29)33(31)36/h2-14,16-17,19-21H,15,18H2,1H3. The van der Waals surface area contributed by atoms with Crippen molar-refractivity contribution in [3.05, 3.63) is 142 Å². The first-order valence-electron chi connectivity index (χ1n) is 12.2. The van der Waals surface area contributed by atoms with Gasteiger partial charge >= 0.3 is 0 Å². The number of rotatable bonds is 4. The molecule has 0 amide bonds. The second kappa shape index (κ2) is 8.94. The molecule has 0 aromatic heterocycles. The largest absolute Gasteiger partial charge is 0.314 e. The van der Waals surface area contributed by atoms with Crippen LogP contribution in [0, 0.1) is 6.92 Å². The van der Waals surface area contributed by atoms with Gasteiger partial charge in [0, 0.05) is 28.2 Å². The average molecular weight is 468 g/mol. The summed E-state index contributed by atoms with van der Waals surface area (Å²) in [5.41, 5.74) is 9.26. The van der Waals surface area contributed by atoms with E-state index in [-0.39, 0.29) is 17.1 Å². The van der Waals surface area contributed by atoms with Crippen molar-refractivity contribution in [3.63, 3.8) is 0 Å². The molecule has 3 heteroatoms. The van der Waals surface area contributed by atoms with E-state index in [9.17, 15) is 9.59 Å². The van der Waals surface area contributed by atoms with Crippen LogP contribution in [0.2, 0.25) is 0 Å². The van der Waals surface area contributed by atoms with E-state index in [0.29, 0.717) is 11.1 Å². The number of allylic oxidation sites excluding steroid dienone is 2. The highest BCUT2D eigenvalue weighted by Gasteiger charge is 2.32. The Morgan fingerprint density at radius 2 is 1.33 bits per heavy atom. The highest BCUT2D eigenvalue weighted by Crippen LogP contribution is 2.36. The number of carbonyl (C=O) groups excluding carboxylic acids is 2. The number of nitrogens with zero attached hydrogens (tertiary/aromatic N) is 1. The van der Waals surface area contributed by atoms with Crippen LogP contribution in [0.15, 0.2) is 108 Å². The lowest BCUT2D eigenvalue weighted by Gasteiger charge is -2.30. The molecule has 0 fully saturated rings. The van der Waals surface area contributed by atoms with Crippen molar-refractivity contribution < 1.29 is 9.59 Å². The molecule has 0 saturated heterocycles. The third-order valence-electron chi connectivity index (χ3n) is 6.95. The fourth-order valence-corrected chi connectivity index (χ4v) is 5.09. The molecule has 0 atom stereocenters. The van der Waals surface area contributed by atoms with E-state index < -0.39 is 0 Å². The Balaban J connectivity index is 1.35. The molecule has 4 aromatic carbocycles. The van der Waals surface area contributed by atoms with Gasteiger partial charge in [0.1, 0.15) is 0 Å². The highest BCUT2D eigenvalue weighted by atomic mass is 16.2. The summed E-state index contributed by atoms with van der Waals surface area (Å²) >= 11 is 0. The second-order valence-corrected chi connectivity index (χ2v) is 9.36. The minimum Gasteiger partial charge on any atom is -0.314 e. The number of carbonyl (C=O) groups is 2. The van der Waals surface area contributed by atoms with Crippen molar-refractivity contribution in [1.82, 2.24) is 0 Å². The quantitative estimate of drug-likeness (QED) is 0.229. The molecule has 4 aromatic rings. The zero-order valence-electron chi connectivity index (χ0n) is 20.1. The molecule has 174 valence electrons. The average Bonchev–Trinajstić information content (AvgIpc) is 3.15. The summed E-state index contributed by atoms with van der Waals surface area (Å²) in [7, 11) is 0. The number of ketones is 2. The van der Waals surface area contributed by atoms with Gasteiger partial charge in [-0.3, -0.25) is 9.59 Å². The third kappa shape index (κ3) is 3.89. The number of hydrogen-bond donors (Lipinski definition) is 0. The molecular formula is C33H25NO2. The van der Waals surface area contributed by atoms with Crippen molar-refractivity contribution in [2.45, 2.75) is 19.8 Å². The number of benzene rings is 4. The SMILES string of the molecule is Cc1ccc(N(C2=Cc3ccc(C=C4C(=O)c5ccccc5C4=O)cc3CC2)c2ccccc2)cc1. The van der Waals surface area contributed by atoms with Crippen LogP contribution >= 0.6 is 0 Å². The van der Waals surface area contributed by atoms with E-state index in [1.165, 1.54) is 22.4 Å². The maximum Gasteiger partial charge on any atom is 0.197 e. The van der Waals surface area contributed by atoms with Gasteiger partial charge in [0.15, 0.2) is 11.6 Å². The lowest BCUT2D eigenvalue weighted by molar-refractivity contribution is 0.0990. The number of aryl methyl sites for hydroxylation is 2. The summed E-state index contributed by atoms with van der Waals surface area (Å²) in [6.45, 7) is 2.10. The zero-order valence-corrected chi connectivity index (χ0v) is 20.1. The van der Waals surface area contributed by atoms with Gasteiger partial charge in [-0.25, -0.2) is 0 Å². The predicted molar refractivity (Wildman–Crippen MR) is 146 cm³/mol. The summed E-state index contributed by atoms with van der Waals surface area (Å²) in [5.74, 6) is -0.376. The molecule has 2 aliphatic rings. The summed E-state index contributed by atoms with van der Waals surface area (Å²) in [4.78, 5) is 27.9. The molecule has 0 saturated carbocycles. The summed E-state index contributed by atoms with van der Waals surface area (Å²) < 4.78 is 0. The van der Waals surface area contributed by atoms with Crippen LogP contribution in [0.1, 0.15) is 49.4 Å². The Kier molecular flexibility index (Phi) is 5.46. The van der Waals surface area contributed by atoms with Gasteiger partial charge in [-0.15, -0.1) is 0 Å². The Morgan fingerprint density at radius 1 is 0.694 bits per heavy atom. The molecule has 0 radical (unpaired) electrons. The number of anilines is 2. The van der Waals surface area contributed by atoms with Crippen LogP contribution < -0.4 is 4.90 Å². The van der Waals surface area contributed by atoms with Crippen molar-refractivity contribution in [3.8, 4) is 0 Å². The van der Waals surface area contributed by atoms with Crippen LogP contribution in [-0.4, -0.2) is 11.6 Å². The van der Waals surface area contributed by atoms with E-state index >= 15 is 0 Å². The minimum atomic E-state index is -0.188. The van der Waals surface area contributed by atoms with Crippen LogP contribution in [0.3, 0.4) is 0 Å². The zero-order chi connectivity index (χ0) is 24.6. The summed E-state index contributed by atoms with van der Waals surface area (Å²) in [5, 5.41) is 0. The van der Waals surface area contributed by atoms with Gasteiger partial charge < -0.3 is 4.90 Å². The molecule has 0 bridgehead atoms. The van der Waals surface area contributed by atoms with E-state index in [4.69, 9.17) is 0 Å². The fraction of sp³-hybridized carbons (Fsp3) is 0.0909. The Hall–Kier alpha value is -4.50. The van der Waals surface area contributed by atoms with Crippen LogP contribution in [0.5, 0.6) is 0 Å². The Labute approximate surface area is 211 Å². The van der Waals surface area contributed by atoms with E-state index in [1.54, 1.807) is 30.3 Å².